The van der Waals surface area contributed by atoms with Gasteiger partial charge in [0.25, 0.3) is 0 Å². The highest BCUT2D eigenvalue weighted by atomic mass is 16.5. The van der Waals surface area contributed by atoms with Crippen molar-refractivity contribution in [1.82, 2.24) is 10.2 Å². The Hall–Kier alpha value is -1.06. The summed E-state index contributed by atoms with van der Waals surface area (Å²) >= 11 is 0. The summed E-state index contributed by atoms with van der Waals surface area (Å²) in [6.45, 7) is 5.50. The fourth-order valence-corrected chi connectivity index (χ4v) is 2.53. The molecule has 2 fully saturated rings. The smallest absolute Gasteiger partial charge is 0.124 e. The van der Waals surface area contributed by atoms with E-state index >= 15 is 0 Å². The fourth-order valence-electron chi connectivity index (χ4n) is 2.53. The van der Waals surface area contributed by atoms with Gasteiger partial charge in [-0.2, -0.15) is 0 Å². The van der Waals surface area contributed by atoms with Crippen molar-refractivity contribution in [2.75, 3.05) is 26.2 Å². The Morgan fingerprint density at radius 1 is 1.17 bits per heavy atom. The van der Waals surface area contributed by atoms with Crippen molar-refractivity contribution in [2.24, 2.45) is 0 Å². The number of rotatable bonds is 4. The van der Waals surface area contributed by atoms with Crippen LogP contribution >= 0.6 is 0 Å². The van der Waals surface area contributed by atoms with Crippen molar-refractivity contribution in [2.45, 2.75) is 31.9 Å². The number of ether oxygens (including phenoxy) is 1. The predicted octanol–water partition coefficient (Wildman–Crippen LogP) is 2.02. The Bertz CT molecular complexity index is 384. The largest absolute Gasteiger partial charge is 0.490 e. The van der Waals surface area contributed by atoms with Crippen LogP contribution in [0.25, 0.3) is 0 Å². The van der Waals surface area contributed by atoms with Crippen LogP contribution in [0.5, 0.6) is 5.75 Å². The molecular weight excluding hydrogens is 224 g/mol. The van der Waals surface area contributed by atoms with E-state index in [1.807, 2.05) is 0 Å². The Balaban J connectivity index is 1.65. The van der Waals surface area contributed by atoms with E-state index in [2.05, 4.69) is 34.5 Å². The molecule has 18 heavy (non-hydrogen) atoms. The van der Waals surface area contributed by atoms with E-state index in [-0.39, 0.29) is 0 Å². The van der Waals surface area contributed by atoms with Crippen LogP contribution in [0.1, 0.15) is 24.8 Å². The number of piperazine rings is 1. The van der Waals surface area contributed by atoms with E-state index in [1.165, 1.54) is 24.8 Å². The summed E-state index contributed by atoms with van der Waals surface area (Å²) in [5.41, 5.74) is 1.34. The first-order valence-corrected chi connectivity index (χ1v) is 7.09. The van der Waals surface area contributed by atoms with Crippen molar-refractivity contribution in [3.63, 3.8) is 0 Å². The lowest BCUT2D eigenvalue weighted by atomic mass is 9.96. The highest BCUT2D eigenvalue weighted by Gasteiger charge is 2.20. The Kier molecular flexibility index (Phi) is 3.81. The molecule has 1 heterocycles. The summed E-state index contributed by atoms with van der Waals surface area (Å²) in [6, 6.07) is 8.52. The third-order valence-corrected chi connectivity index (χ3v) is 3.92. The molecule has 0 radical (unpaired) electrons. The van der Waals surface area contributed by atoms with Gasteiger partial charge in [0, 0.05) is 38.3 Å². The van der Waals surface area contributed by atoms with Gasteiger partial charge < -0.3 is 10.1 Å². The molecule has 0 spiro atoms. The molecule has 0 bridgehead atoms. The minimum atomic E-state index is 0.467. The number of nitrogens with zero attached hydrogens (tertiary/aromatic N) is 1. The second kappa shape index (κ2) is 5.72. The van der Waals surface area contributed by atoms with Crippen LogP contribution in [0.3, 0.4) is 0 Å². The average Bonchev–Trinajstić information content (AvgIpc) is 2.37. The molecule has 3 nitrogen and oxygen atoms in total. The standard InChI is InChI=1S/C15H22N2O/c1-2-7-15(18-14-5-3-6-14)13(4-1)12-17-10-8-16-9-11-17/h1-2,4,7,14,16H,3,5-6,8-12H2. The lowest BCUT2D eigenvalue weighted by molar-refractivity contribution is 0.117. The predicted molar refractivity (Wildman–Crippen MR) is 72.9 cm³/mol. The molecule has 3 heteroatoms. The Morgan fingerprint density at radius 2 is 1.94 bits per heavy atom. The van der Waals surface area contributed by atoms with Crippen molar-refractivity contribution >= 4 is 0 Å². The molecular formula is C15H22N2O. The van der Waals surface area contributed by atoms with Crippen LogP contribution in [0.2, 0.25) is 0 Å². The molecule has 1 aromatic rings. The minimum absolute atomic E-state index is 0.467. The third-order valence-electron chi connectivity index (χ3n) is 3.92. The molecule has 1 saturated heterocycles. The maximum atomic E-state index is 6.08. The first kappa shape index (κ1) is 12.0. The number of para-hydroxylation sites is 1. The molecule has 1 aliphatic carbocycles. The molecule has 0 atom stereocenters. The van der Waals surface area contributed by atoms with Gasteiger partial charge in [0.2, 0.25) is 0 Å². The van der Waals surface area contributed by atoms with Crippen LogP contribution in [0, 0.1) is 0 Å². The number of hydrogen-bond acceptors (Lipinski definition) is 3. The fraction of sp³-hybridized carbons (Fsp3) is 0.600. The number of nitrogens with one attached hydrogen (secondary N) is 1. The van der Waals surface area contributed by atoms with Gasteiger partial charge in [-0.3, -0.25) is 4.90 Å². The van der Waals surface area contributed by atoms with Gasteiger partial charge in [0.15, 0.2) is 0 Å². The van der Waals surface area contributed by atoms with Gasteiger partial charge in [-0.05, 0) is 25.3 Å². The summed E-state index contributed by atoms with van der Waals surface area (Å²) in [5, 5.41) is 3.39. The van der Waals surface area contributed by atoms with Crippen LogP contribution in [-0.4, -0.2) is 37.2 Å². The van der Waals surface area contributed by atoms with Crippen LogP contribution < -0.4 is 10.1 Å². The average molecular weight is 246 g/mol. The molecule has 3 rings (SSSR count). The van der Waals surface area contributed by atoms with Gasteiger partial charge >= 0.3 is 0 Å². The van der Waals surface area contributed by atoms with Crippen molar-refractivity contribution in [1.29, 1.82) is 0 Å². The number of benzene rings is 1. The van der Waals surface area contributed by atoms with Crippen LogP contribution in [0.4, 0.5) is 0 Å². The highest BCUT2D eigenvalue weighted by molar-refractivity contribution is 5.33. The summed E-state index contributed by atoms with van der Waals surface area (Å²) in [6.07, 6.45) is 4.24. The lowest BCUT2D eigenvalue weighted by Gasteiger charge is -2.30. The van der Waals surface area contributed by atoms with Gasteiger partial charge in [0.1, 0.15) is 5.75 Å². The molecule has 0 unspecified atom stereocenters. The van der Waals surface area contributed by atoms with E-state index < -0.39 is 0 Å². The monoisotopic (exact) mass is 246 g/mol. The van der Waals surface area contributed by atoms with E-state index in [9.17, 15) is 0 Å². The van der Waals surface area contributed by atoms with Crippen LogP contribution in [0.15, 0.2) is 24.3 Å². The van der Waals surface area contributed by atoms with Crippen molar-refractivity contribution < 1.29 is 4.74 Å². The molecule has 1 aliphatic heterocycles. The summed E-state index contributed by atoms with van der Waals surface area (Å²) in [7, 11) is 0. The molecule has 1 N–H and O–H groups in total. The lowest BCUT2D eigenvalue weighted by Crippen LogP contribution is -2.43. The zero-order chi connectivity index (χ0) is 12.2. The van der Waals surface area contributed by atoms with E-state index in [1.54, 1.807) is 0 Å². The van der Waals surface area contributed by atoms with Gasteiger partial charge in [0.05, 0.1) is 6.10 Å². The first-order chi connectivity index (χ1) is 8.92. The van der Waals surface area contributed by atoms with Crippen molar-refractivity contribution in [3.05, 3.63) is 29.8 Å². The summed E-state index contributed by atoms with van der Waals surface area (Å²) in [4.78, 5) is 2.50. The normalized spacial score (nSPS) is 21.6. The molecule has 0 aromatic heterocycles. The quantitative estimate of drug-likeness (QED) is 0.879. The maximum absolute atomic E-state index is 6.08. The maximum Gasteiger partial charge on any atom is 0.124 e. The highest BCUT2D eigenvalue weighted by Crippen LogP contribution is 2.28. The topological polar surface area (TPSA) is 24.5 Å². The zero-order valence-electron chi connectivity index (χ0n) is 10.9. The third kappa shape index (κ3) is 2.85. The molecule has 1 saturated carbocycles. The van der Waals surface area contributed by atoms with Gasteiger partial charge in [-0.25, -0.2) is 0 Å². The molecule has 98 valence electrons. The molecule has 1 aromatic carbocycles. The van der Waals surface area contributed by atoms with Crippen molar-refractivity contribution in [3.8, 4) is 5.75 Å². The second-order valence-electron chi connectivity index (χ2n) is 5.30. The van der Waals surface area contributed by atoms with Crippen LogP contribution in [-0.2, 0) is 6.54 Å². The number of hydrogen-bond donors (Lipinski definition) is 1. The summed E-state index contributed by atoms with van der Waals surface area (Å²) < 4.78 is 6.08. The molecule has 2 aliphatic rings. The van der Waals surface area contributed by atoms with E-state index in [4.69, 9.17) is 4.74 Å². The van der Waals surface area contributed by atoms with E-state index in [0.29, 0.717) is 6.10 Å². The van der Waals surface area contributed by atoms with Gasteiger partial charge in [-0.15, -0.1) is 0 Å². The SMILES string of the molecule is c1ccc(OC2CCC2)c(CN2CCNCC2)c1. The second-order valence-corrected chi connectivity index (χ2v) is 5.30. The first-order valence-electron chi connectivity index (χ1n) is 7.09. The zero-order valence-corrected chi connectivity index (χ0v) is 10.9. The Morgan fingerprint density at radius 3 is 2.67 bits per heavy atom. The molecule has 0 amide bonds. The van der Waals surface area contributed by atoms with E-state index in [0.717, 1.165) is 38.5 Å². The van der Waals surface area contributed by atoms with Gasteiger partial charge in [-0.1, -0.05) is 18.2 Å². The summed E-state index contributed by atoms with van der Waals surface area (Å²) in [5.74, 6) is 1.10. The Labute approximate surface area is 109 Å². The minimum Gasteiger partial charge on any atom is -0.490 e.